The van der Waals surface area contributed by atoms with Gasteiger partial charge in [-0.3, -0.25) is 9.35 Å². The van der Waals surface area contributed by atoms with Gasteiger partial charge in [0, 0.05) is 6.42 Å². The van der Waals surface area contributed by atoms with Crippen LogP contribution in [-0.2, 0) is 14.9 Å². The van der Waals surface area contributed by atoms with Crippen molar-refractivity contribution in [1.29, 1.82) is 0 Å². The number of unbranched alkanes of at least 4 members (excludes halogenated alkanes) is 14. The van der Waals surface area contributed by atoms with Gasteiger partial charge in [-0.1, -0.05) is 115 Å². The summed E-state index contributed by atoms with van der Waals surface area (Å²) in [6.45, 7) is 3.90. The third-order valence-corrected chi connectivity index (χ3v) is 6.41. The lowest BCUT2D eigenvalue weighted by Gasteiger charge is -2.03. The van der Waals surface area contributed by atoms with Crippen molar-refractivity contribution in [2.45, 2.75) is 121 Å². The Kier molecular flexibility index (Phi) is 18.4. The number of carbonyl (C=O) groups is 1. The van der Waals surface area contributed by atoms with Gasteiger partial charge in [-0.05, 0) is 25.0 Å². The summed E-state index contributed by atoms with van der Waals surface area (Å²) in [5.74, 6) is -0.153. The Labute approximate surface area is 191 Å². The van der Waals surface area contributed by atoms with Gasteiger partial charge in [-0.15, -0.1) is 0 Å². The van der Waals surface area contributed by atoms with Crippen molar-refractivity contribution in [3.05, 3.63) is 29.8 Å². The first-order valence-electron chi connectivity index (χ1n) is 12.1. The van der Waals surface area contributed by atoms with E-state index in [1.807, 2.05) is 0 Å². The molecule has 0 aliphatic carbocycles. The van der Waals surface area contributed by atoms with Crippen LogP contribution in [0.25, 0.3) is 0 Å². The number of nitrogens with two attached hydrogens (primary N) is 1. The first-order chi connectivity index (χ1) is 14.8. The maximum atomic E-state index is 10.6. The Morgan fingerprint density at radius 3 is 1.48 bits per heavy atom. The van der Waals surface area contributed by atoms with Gasteiger partial charge < -0.3 is 5.73 Å². The fraction of sp³-hybridized carbons (Fsp3) is 0.720. The van der Waals surface area contributed by atoms with Crippen molar-refractivity contribution in [1.82, 2.24) is 0 Å². The van der Waals surface area contributed by atoms with Gasteiger partial charge in [-0.2, -0.15) is 8.42 Å². The second-order valence-electron chi connectivity index (χ2n) is 8.41. The van der Waals surface area contributed by atoms with Crippen molar-refractivity contribution in [2.24, 2.45) is 5.73 Å². The minimum absolute atomic E-state index is 0.0278. The number of aryl methyl sites for hydroxylation is 1. The highest BCUT2D eigenvalue weighted by Crippen LogP contribution is 2.14. The third-order valence-electron chi connectivity index (χ3n) is 5.40. The molecule has 1 amide bonds. The monoisotopic (exact) mass is 455 g/mol. The molecule has 0 atom stereocenters. The third kappa shape index (κ3) is 19.0. The molecule has 0 unspecified atom stereocenters. The van der Waals surface area contributed by atoms with E-state index in [1.54, 1.807) is 25.1 Å². The molecule has 1 aromatic rings. The number of carbonyl (C=O) groups excluding carboxylic acids is 1. The van der Waals surface area contributed by atoms with Crippen LogP contribution in [0.15, 0.2) is 29.2 Å². The predicted molar refractivity (Wildman–Crippen MR) is 130 cm³/mol. The van der Waals surface area contributed by atoms with E-state index in [2.05, 4.69) is 6.92 Å². The van der Waals surface area contributed by atoms with E-state index in [9.17, 15) is 13.2 Å². The second-order valence-corrected chi connectivity index (χ2v) is 9.80. The van der Waals surface area contributed by atoms with Crippen LogP contribution in [0.5, 0.6) is 0 Å². The van der Waals surface area contributed by atoms with E-state index in [-0.39, 0.29) is 10.8 Å². The zero-order chi connectivity index (χ0) is 23.4. The number of primary amides is 1. The van der Waals surface area contributed by atoms with Crippen LogP contribution >= 0.6 is 0 Å². The summed E-state index contributed by atoms with van der Waals surface area (Å²) in [6, 6.07) is 6.27. The van der Waals surface area contributed by atoms with Crippen LogP contribution in [0.2, 0.25) is 0 Å². The summed E-state index contributed by atoms with van der Waals surface area (Å²) in [7, 11) is -4.03. The second kappa shape index (κ2) is 19.3. The molecule has 6 heteroatoms. The fourth-order valence-corrected chi connectivity index (χ4v) is 4.24. The number of hydrogen-bond donors (Lipinski definition) is 2. The molecule has 3 N–H and O–H groups in total. The molecule has 0 radical (unpaired) electrons. The molecule has 0 spiro atoms. The van der Waals surface area contributed by atoms with Crippen molar-refractivity contribution in [3.63, 3.8) is 0 Å². The van der Waals surface area contributed by atoms with Crippen LogP contribution in [0, 0.1) is 6.92 Å². The summed E-state index contributed by atoms with van der Waals surface area (Å²) >= 11 is 0. The summed E-state index contributed by atoms with van der Waals surface area (Å²) in [6.07, 6.45) is 20.9. The standard InChI is InChI=1S/C18H37NO.C7H8O3S/c1-2-3-4-5-6-7-8-9-10-11-12-13-14-15-16-17-18(19)20;1-6-4-2-3-5-7(6)11(8,9)10/h2-17H2,1H3,(H2,19,20);2-5H,1H3,(H,8,9,10). The lowest BCUT2D eigenvalue weighted by Crippen LogP contribution is -2.09. The number of rotatable bonds is 17. The van der Waals surface area contributed by atoms with Gasteiger partial charge in [0.2, 0.25) is 5.91 Å². The Hall–Kier alpha value is -1.40. The van der Waals surface area contributed by atoms with Crippen LogP contribution in [0.3, 0.4) is 0 Å². The average molecular weight is 456 g/mol. The largest absolute Gasteiger partial charge is 0.370 e. The lowest BCUT2D eigenvalue weighted by atomic mass is 10.0. The molecule has 1 aromatic carbocycles. The van der Waals surface area contributed by atoms with E-state index >= 15 is 0 Å². The molecule has 5 nitrogen and oxygen atoms in total. The van der Waals surface area contributed by atoms with Gasteiger partial charge in [0.05, 0.1) is 4.90 Å². The van der Waals surface area contributed by atoms with E-state index in [1.165, 1.54) is 96.0 Å². The quantitative estimate of drug-likeness (QED) is 0.196. The van der Waals surface area contributed by atoms with Gasteiger partial charge in [0.25, 0.3) is 10.1 Å². The Bertz CT molecular complexity index is 674. The first-order valence-corrected chi connectivity index (χ1v) is 13.5. The van der Waals surface area contributed by atoms with Gasteiger partial charge >= 0.3 is 0 Å². The maximum absolute atomic E-state index is 10.6. The molecular formula is C25H45NO4S. The topological polar surface area (TPSA) is 97.5 Å². The zero-order valence-corrected chi connectivity index (χ0v) is 20.6. The lowest BCUT2D eigenvalue weighted by molar-refractivity contribution is -0.118. The molecule has 0 aliphatic heterocycles. The van der Waals surface area contributed by atoms with Gasteiger partial charge in [-0.25, -0.2) is 0 Å². The molecule has 0 fully saturated rings. The minimum atomic E-state index is -4.03. The summed E-state index contributed by atoms with van der Waals surface area (Å²) in [5, 5.41) is 0. The van der Waals surface area contributed by atoms with Crippen LogP contribution < -0.4 is 5.73 Å². The highest BCUT2D eigenvalue weighted by molar-refractivity contribution is 7.85. The summed E-state index contributed by atoms with van der Waals surface area (Å²) < 4.78 is 29.9. The first kappa shape index (κ1) is 29.6. The fourth-order valence-electron chi connectivity index (χ4n) is 3.52. The van der Waals surface area contributed by atoms with Crippen LogP contribution in [0.1, 0.15) is 115 Å². The molecule has 0 aliphatic rings. The Balaban J connectivity index is 0.000000683. The summed E-state index contributed by atoms with van der Waals surface area (Å²) in [5.41, 5.74) is 5.66. The van der Waals surface area contributed by atoms with E-state index in [0.717, 1.165) is 6.42 Å². The van der Waals surface area contributed by atoms with E-state index in [4.69, 9.17) is 10.3 Å². The SMILES string of the molecule is CCCCCCCCCCCCCCCCCC(N)=O.Cc1ccccc1S(=O)(=O)O. The molecule has 0 heterocycles. The predicted octanol–water partition coefficient (Wildman–Crippen LogP) is 6.97. The molecular weight excluding hydrogens is 410 g/mol. The Morgan fingerprint density at radius 1 is 0.774 bits per heavy atom. The molecule has 0 saturated heterocycles. The number of amides is 1. The summed E-state index contributed by atoms with van der Waals surface area (Å²) in [4.78, 5) is 10.5. The molecule has 180 valence electrons. The molecule has 0 bridgehead atoms. The highest BCUT2D eigenvalue weighted by Gasteiger charge is 2.10. The molecule has 0 aromatic heterocycles. The average Bonchev–Trinajstić information content (AvgIpc) is 2.70. The van der Waals surface area contributed by atoms with Crippen molar-refractivity contribution >= 4 is 16.0 Å². The number of benzene rings is 1. The zero-order valence-electron chi connectivity index (χ0n) is 19.8. The number of hydrogen-bond acceptors (Lipinski definition) is 3. The van der Waals surface area contributed by atoms with E-state index < -0.39 is 10.1 Å². The molecule has 1 rings (SSSR count). The van der Waals surface area contributed by atoms with Crippen molar-refractivity contribution in [3.8, 4) is 0 Å². The van der Waals surface area contributed by atoms with Crippen LogP contribution in [-0.4, -0.2) is 18.9 Å². The van der Waals surface area contributed by atoms with Crippen LogP contribution in [0.4, 0.5) is 0 Å². The van der Waals surface area contributed by atoms with Crippen molar-refractivity contribution in [2.75, 3.05) is 0 Å². The molecule has 0 saturated carbocycles. The Morgan fingerprint density at radius 2 is 1.16 bits per heavy atom. The molecule has 31 heavy (non-hydrogen) atoms. The smallest absolute Gasteiger partial charge is 0.294 e. The maximum Gasteiger partial charge on any atom is 0.294 e. The van der Waals surface area contributed by atoms with Crippen molar-refractivity contribution < 1.29 is 17.8 Å². The van der Waals surface area contributed by atoms with Gasteiger partial charge in [0.15, 0.2) is 0 Å². The van der Waals surface area contributed by atoms with Gasteiger partial charge in [0.1, 0.15) is 0 Å². The normalized spacial score (nSPS) is 11.1. The highest BCUT2D eigenvalue weighted by atomic mass is 32.2. The van der Waals surface area contributed by atoms with E-state index in [0.29, 0.717) is 12.0 Å². The minimum Gasteiger partial charge on any atom is -0.370 e.